The average Bonchev–Trinajstić information content (AvgIpc) is 2.38. The summed E-state index contributed by atoms with van der Waals surface area (Å²) in [7, 11) is 3.71. The first-order valence-corrected chi connectivity index (χ1v) is 7.71. The van der Waals surface area contributed by atoms with E-state index in [2.05, 4.69) is 57.0 Å². The standard InChI is InChI=1S/C17H31N3O/c1-13(2)20(8-9-21-7)16-11-14(12-18-6)10-15(19-16)17(3,4)5/h10-11,13,18H,8-9,12H2,1-7H3. The second-order valence-electron chi connectivity index (χ2n) is 6.78. The molecule has 1 aromatic rings. The second kappa shape index (κ2) is 7.76. The molecule has 1 rings (SSSR count). The van der Waals surface area contributed by atoms with Crippen molar-refractivity contribution in [3.63, 3.8) is 0 Å². The van der Waals surface area contributed by atoms with Crippen molar-refractivity contribution in [2.75, 3.05) is 32.2 Å². The van der Waals surface area contributed by atoms with Gasteiger partial charge in [0.15, 0.2) is 0 Å². The lowest BCUT2D eigenvalue weighted by Gasteiger charge is -2.30. The van der Waals surface area contributed by atoms with E-state index in [1.54, 1.807) is 7.11 Å². The van der Waals surface area contributed by atoms with E-state index in [4.69, 9.17) is 9.72 Å². The summed E-state index contributed by atoms with van der Waals surface area (Å²) in [6.07, 6.45) is 0. The van der Waals surface area contributed by atoms with E-state index in [0.29, 0.717) is 12.6 Å². The summed E-state index contributed by atoms with van der Waals surface area (Å²) in [5.74, 6) is 1.04. The minimum Gasteiger partial charge on any atom is -0.383 e. The van der Waals surface area contributed by atoms with Gasteiger partial charge in [-0.25, -0.2) is 4.98 Å². The third-order valence-electron chi connectivity index (χ3n) is 3.47. The molecule has 0 atom stereocenters. The molecule has 4 nitrogen and oxygen atoms in total. The Hall–Kier alpha value is -1.13. The largest absolute Gasteiger partial charge is 0.383 e. The van der Waals surface area contributed by atoms with E-state index in [1.807, 2.05) is 7.05 Å². The number of nitrogens with zero attached hydrogens (tertiary/aromatic N) is 2. The van der Waals surface area contributed by atoms with Gasteiger partial charge in [0.2, 0.25) is 0 Å². The summed E-state index contributed by atoms with van der Waals surface area (Å²) >= 11 is 0. The topological polar surface area (TPSA) is 37.4 Å². The Labute approximate surface area is 129 Å². The fourth-order valence-electron chi connectivity index (χ4n) is 2.24. The van der Waals surface area contributed by atoms with Crippen LogP contribution in [-0.4, -0.2) is 38.3 Å². The minimum atomic E-state index is 0.0441. The maximum Gasteiger partial charge on any atom is 0.129 e. The normalized spacial score (nSPS) is 12.0. The van der Waals surface area contributed by atoms with Crippen LogP contribution in [0.15, 0.2) is 12.1 Å². The Morgan fingerprint density at radius 3 is 2.43 bits per heavy atom. The third-order valence-corrected chi connectivity index (χ3v) is 3.47. The summed E-state index contributed by atoms with van der Waals surface area (Å²) in [6, 6.07) is 4.78. The summed E-state index contributed by atoms with van der Waals surface area (Å²) in [5.41, 5.74) is 2.45. The molecule has 0 bridgehead atoms. The lowest BCUT2D eigenvalue weighted by Crippen LogP contribution is -2.35. The van der Waals surface area contributed by atoms with Gasteiger partial charge in [-0.15, -0.1) is 0 Å². The lowest BCUT2D eigenvalue weighted by atomic mass is 9.90. The van der Waals surface area contributed by atoms with Gasteiger partial charge in [0.05, 0.1) is 6.61 Å². The van der Waals surface area contributed by atoms with E-state index in [0.717, 1.165) is 24.6 Å². The predicted octanol–water partition coefficient (Wildman–Crippen LogP) is 2.96. The Morgan fingerprint density at radius 1 is 1.29 bits per heavy atom. The van der Waals surface area contributed by atoms with Crippen molar-refractivity contribution >= 4 is 5.82 Å². The van der Waals surface area contributed by atoms with Gasteiger partial charge in [-0.05, 0) is 38.6 Å². The number of pyridine rings is 1. The number of rotatable bonds is 7. The van der Waals surface area contributed by atoms with Crippen LogP contribution in [-0.2, 0) is 16.7 Å². The van der Waals surface area contributed by atoms with Gasteiger partial charge in [0.1, 0.15) is 5.82 Å². The van der Waals surface area contributed by atoms with Crippen molar-refractivity contribution in [3.05, 3.63) is 23.4 Å². The lowest BCUT2D eigenvalue weighted by molar-refractivity contribution is 0.203. The predicted molar refractivity (Wildman–Crippen MR) is 90.1 cm³/mol. The molecule has 1 N–H and O–H groups in total. The van der Waals surface area contributed by atoms with Crippen LogP contribution in [0.1, 0.15) is 45.9 Å². The number of hydrogen-bond donors (Lipinski definition) is 1. The molecule has 0 saturated carbocycles. The van der Waals surface area contributed by atoms with Crippen LogP contribution < -0.4 is 10.2 Å². The summed E-state index contributed by atoms with van der Waals surface area (Å²) in [5, 5.41) is 3.23. The summed E-state index contributed by atoms with van der Waals surface area (Å²) in [4.78, 5) is 7.21. The molecule has 1 heterocycles. The van der Waals surface area contributed by atoms with Gasteiger partial charge >= 0.3 is 0 Å². The van der Waals surface area contributed by atoms with Crippen LogP contribution in [0.3, 0.4) is 0 Å². The zero-order valence-electron chi connectivity index (χ0n) is 14.7. The first-order valence-electron chi connectivity index (χ1n) is 7.71. The molecule has 0 aliphatic rings. The Bertz CT molecular complexity index is 438. The van der Waals surface area contributed by atoms with Crippen LogP contribution in [0.25, 0.3) is 0 Å². The van der Waals surface area contributed by atoms with E-state index in [1.165, 1.54) is 5.56 Å². The highest BCUT2D eigenvalue weighted by molar-refractivity contribution is 5.44. The van der Waals surface area contributed by atoms with Crippen molar-refractivity contribution in [1.82, 2.24) is 10.3 Å². The summed E-state index contributed by atoms with van der Waals surface area (Å²) in [6.45, 7) is 13.4. The highest BCUT2D eigenvalue weighted by Gasteiger charge is 2.20. The van der Waals surface area contributed by atoms with E-state index < -0.39 is 0 Å². The highest BCUT2D eigenvalue weighted by Crippen LogP contribution is 2.25. The first kappa shape index (κ1) is 17.9. The maximum atomic E-state index is 5.24. The van der Waals surface area contributed by atoms with Crippen molar-refractivity contribution in [3.8, 4) is 0 Å². The zero-order chi connectivity index (χ0) is 16.0. The van der Waals surface area contributed by atoms with E-state index in [9.17, 15) is 0 Å². The van der Waals surface area contributed by atoms with Gasteiger partial charge in [-0.1, -0.05) is 20.8 Å². The molecule has 0 radical (unpaired) electrons. The number of methoxy groups -OCH3 is 1. The molecule has 0 saturated heterocycles. The number of aromatic nitrogens is 1. The molecule has 0 amide bonds. The van der Waals surface area contributed by atoms with Gasteiger partial charge in [0.25, 0.3) is 0 Å². The SMILES string of the molecule is CNCc1cc(N(CCOC)C(C)C)nc(C(C)(C)C)c1. The molecular weight excluding hydrogens is 262 g/mol. The van der Waals surface area contributed by atoms with Crippen molar-refractivity contribution in [1.29, 1.82) is 0 Å². The van der Waals surface area contributed by atoms with E-state index in [-0.39, 0.29) is 5.41 Å². The van der Waals surface area contributed by atoms with Crippen LogP contribution >= 0.6 is 0 Å². The molecule has 0 spiro atoms. The number of hydrogen-bond acceptors (Lipinski definition) is 4. The van der Waals surface area contributed by atoms with Crippen molar-refractivity contribution in [2.24, 2.45) is 0 Å². The average molecular weight is 293 g/mol. The van der Waals surface area contributed by atoms with Gasteiger partial charge < -0.3 is 15.0 Å². The molecule has 0 unspecified atom stereocenters. The number of anilines is 1. The van der Waals surface area contributed by atoms with Crippen molar-refractivity contribution < 1.29 is 4.74 Å². The molecule has 120 valence electrons. The Morgan fingerprint density at radius 2 is 1.95 bits per heavy atom. The maximum absolute atomic E-state index is 5.24. The Kier molecular flexibility index (Phi) is 6.62. The molecule has 0 aromatic carbocycles. The summed E-state index contributed by atoms with van der Waals surface area (Å²) < 4.78 is 5.24. The van der Waals surface area contributed by atoms with Crippen molar-refractivity contribution in [2.45, 2.75) is 52.6 Å². The number of nitrogens with one attached hydrogen (secondary N) is 1. The molecule has 0 aliphatic carbocycles. The second-order valence-corrected chi connectivity index (χ2v) is 6.78. The van der Waals surface area contributed by atoms with Crippen LogP contribution in [0.5, 0.6) is 0 Å². The van der Waals surface area contributed by atoms with Crippen LogP contribution in [0.2, 0.25) is 0 Å². The highest BCUT2D eigenvalue weighted by atomic mass is 16.5. The minimum absolute atomic E-state index is 0.0441. The smallest absolute Gasteiger partial charge is 0.129 e. The van der Waals surface area contributed by atoms with Gasteiger partial charge in [0, 0.05) is 37.4 Å². The molecule has 0 fully saturated rings. The van der Waals surface area contributed by atoms with Gasteiger partial charge in [-0.2, -0.15) is 0 Å². The third kappa shape index (κ3) is 5.29. The quantitative estimate of drug-likeness (QED) is 0.838. The molecule has 1 aromatic heterocycles. The number of ether oxygens (including phenoxy) is 1. The monoisotopic (exact) mass is 293 g/mol. The van der Waals surface area contributed by atoms with Crippen LogP contribution in [0.4, 0.5) is 5.82 Å². The van der Waals surface area contributed by atoms with E-state index >= 15 is 0 Å². The van der Waals surface area contributed by atoms with Crippen LogP contribution in [0, 0.1) is 0 Å². The first-order chi connectivity index (χ1) is 9.79. The zero-order valence-corrected chi connectivity index (χ0v) is 14.7. The van der Waals surface area contributed by atoms with Gasteiger partial charge in [-0.3, -0.25) is 0 Å². The molecule has 4 heteroatoms. The molecule has 0 aliphatic heterocycles. The fraction of sp³-hybridized carbons (Fsp3) is 0.706. The molecular formula is C17H31N3O. The Balaban J connectivity index is 3.21. The fourth-order valence-corrected chi connectivity index (χ4v) is 2.24. The molecule has 21 heavy (non-hydrogen) atoms.